The first-order valence-electron chi connectivity index (χ1n) is 15.7. The van der Waals surface area contributed by atoms with E-state index in [-0.39, 0.29) is 5.92 Å². The summed E-state index contributed by atoms with van der Waals surface area (Å²) in [6.45, 7) is 12.9. The quantitative estimate of drug-likeness (QED) is 0.170. The van der Waals surface area contributed by atoms with E-state index in [1.54, 1.807) is 0 Å². The number of hydrogen-bond donors (Lipinski definition) is 1. The highest BCUT2D eigenvalue weighted by Crippen LogP contribution is 2.42. The Kier molecular flexibility index (Phi) is 9.92. The predicted octanol–water partition coefficient (Wildman–Crippen LogP) is 10.2. The summed E-state index contributed by atoms with van der Waals surface area (Å²) >= 11 is 4.03. The maximum absolute atomic E-state index is 4.03. The van der Waals surface area contributed by atoms with Crippen molar-refractivity contribution in [3.8, 4) is 0 Å². The summed E-state index contributed by atoms with van der Waals surface area (Å²) in [5.74, 6) is 0.106. The normalized spacial score (nSPS) is 14.7. The number of nitrogens with one attached hydrogen (secondary N) is 1. The van der Waals surface area contributed by atoms with Gasteiger partial charge in [-0.1, -0.05) is 83.7 Å². The minimum absolute atomic E-state index is 0.106. The van der Waals surface area contributed by atoms with E-state index in [0.29, 0.717) is 6.04 Å². The van der Waals surface area contributed by atoms with Crippen LogP contribution in [0.15, 0.2) is 83.3 Å². The Labute approximate surface area is 256 Å². The number of benzene rings is 4. The van der Waals surface area contributed by atoms with Gasteiger partial charge in [0.15, 0.2) is 0 Å². The smallest absolute Gasteiger partial charge is 0.0422 e. The summed E-state index contributed by atoms with van der Waals surface area (Å²) in [6, 6.07) is 30.5. The van der Waals surface area contributed by atoms with Crippen LogP contribution in [-0.4, -0.2) is 32.2 Å². The molecule has 4 aromatic carbocycles. The summed E-state index contributed by atoms with van der Waals surface area (Å²) in [5.41, 5.74) is 7.78. The van der Waals surface area contributed by atoms with Crippen molar-refractivity contribution in [2.24, 2.45) is 0 Å². The molecule has 5 rings (SSSR count). The lowest BCUT2D eigenvalue weighted by molar-refractivity contribution is 0.463. The number of fused-ring (bicyclic) bond motifs is 1. The Balaban J connectivity index is 1.63. The van der Waals surface area contributed by atoms with Gasteiger partial charge in [0.05, 0.1) is 0 Å². The standard InChI is InChI=1S/C37H46BrN3/c1-5-40(6-2)29-20-18-27(19-21-29)37(34-23-22-30(26-35(34)38)41(7-3)8-4)33-24-25-36(32-17-13-12-16-31(32)33)39-28-14-10-9-11-15-28/h12-13,16-26,28,37,39H,5-11,14-15H2,1-4H3. The lowest BCUT2D eigenvalue weighted by Crippen LogP contribution is -2.22. The summed E-state index contributed by atoms with van der Waals surface area (Å²) in [7, 11) is 0. The van der Waals surface area contributed by atoms with Gasteiger partial charge in [0.2, 0.25) is 0 Å². The summed E-state index contributed by atoms with van der Waals surface area (Å²) in [6.07, 6.45) is 6.56. The number of nitrogens with zero attached hydrogens (tertiary/aromatic N) is 2. The van der Waals surface area contributed by atoms with Gasteiger partial charge in [-0.3, -0.25) is 0 Å². The van der Waals surface area contributed by atoms with Crippen molar-refractivity contribution in [1.82, 2.24) is 0 Å². The third-order valence-electron chi connectivity index (χ3n) is 9.01. The zero-order chi connectivity index (χ0) is 28.8. The van der Waals surface area contributed by atoms with Crippen LogP contribution in [0.25, 0.3) is 10.8 Å². The molecule has 3 nitrogen and oxygen atoms in total. The SMILES string of the molecule is CCN(CC)c1ccc(C(c2ccc(N(CC)CC)cc2Br)c2ccc(NC3CCCCC3)c3ccccc23)cc1. The molecule has 1 aliphatic carbocycles. The molecule has 4 aromatic rings. The van der Waals surface area contributed by atoms with Crippen molar-refractivity contribution in [2.75, 3.05) is 41.3 Å². The number of halogens is 1. The van der Waals surface area contributed by atoms with Gasteiger partial charge < -0.3 is 15.1 Å². The van der Waals surface area contributed by atoms with Crippen LogP contribution in [0.3, 0.4) is 0 Å². The molecule has 1 saturated carbocycles. The molecule has 4 heteroatoms. The molecule has 0 aromatic heterocycles. The van der Waals surface area contributed by atoms with E-state index in [4.69, 9.17) is 0 Å². The van der Waals surface area contributed by atoms with Crippen LogP contribution in [0.4, 0.5) is 17.1 Å². The number of hydrogen-bond acceptors (Lipinski definition) is 3. The fourth-order valence-corrected chi connectivity index (χ4v) is 7.29. The monoisotopic (exact) mass is 611 g/mol. The van der Waals surface area contributed by atoms with Crippen LogP contribution in [0.5, 0.6) is 0 Å². The van der Waals surface area contributed by atoms with Crippen LogP contribution in [0, 0.1) is 0 Å². The second kappa shape index (κ2) is 13.8. The molecule has 1 atom stereocenters. The molecule has 0 aliphatic heterocycles. The van der Waals surface area contributed by atoms with E-state index in [1.807, 2.05) is 0 Å². The van der Waals surface area contributed by atoms with Gasteiger partial charge >= 0.3 is 0 Å². The van der Waals surface area contributed by atoms with E-state index in [1.165, 1.54) is 76.6 Å². The van der Waals surface area contributed by atoms with E-state index >= 15 is 0 Å². The van der Waals surface area contributed by atoms with Crippen LogP contribution >= 0.6 is 15.9 Å². The third kappa shape index (κ3) is 6.43. The largest absolute Gasteiger partial charge is 0.382 e. The predicted molar refractivity (Wildman–Crippen MR) is 183 cm³/mol. The van der Waals surface area contributed by atoms with E-state index in [9.17, 15) is 0 Å². The fourth-order valence-electron chi connectivity index (χ4n) is 6.70. The summed E-state index contributed by atoms with van der Waals surface area (Å²) in [5, 5.41) is 6.57. The average molecular weight is 613 g/mol. The molecule has 1 N–H and O–H groups in total. The maximum Gasteiger partial charge on any atom is 0.0422 e. The van der Waals surface area contributed by atoms with Crippen LogP contribution in [0.2, 0.25) is 0 Å². The molecule has 1 unspecified atom stereocenters. The highest BCUT2D eigenvalue weighted by atomic mass is 79.9. The van der Waals surface area contributed by atoms with E-state index in [0.717, 1.165) is 30.7 Å². The average Bonchev–Trinajstić information content (AvgIpc) is 3.01. The van der Waals surface area contributed by atoms with E-state index < -0.39 is 0 Å². The van der Waals surface area contributed by atoms with Gasteiger partial charge in [0.25, 0.3) is 0 Å². The van der Waals surface area contributed by atoms with Gasteiger partial charge in [0.1, 0.15) is 0 Å². The zero-order valence-electron chi connectivity index (χ0n) is 25.3. The Morgan fingerprint density at radius 2 is 1.27 bits per heavy atom. The van der Waals surface area contributed by atoms with Crippen LogP contribution in [0.1, 0.15) is 82.4 Å². The molecule has 0 bridgehead atoms. The van der Waals surface area contributed by atoms with Crippen LogP contribution < -0.4 is 15.1 Å². The molecular formula is C37H46BrN3. The molecule has 0 spiro atoms. The maximum atomic E-state index is 4.03. The summed E-state index contributed by atoms with van der Waals surface area (Å²) < 4.78 is 1.16. The van der Waals surface area contributed by atoms with Crippen molar-refractivity contribution in [1.29, 1.82) is 0 Å². The number of rotatable bonds is 11. The second-order valence-electron chi connectivity index (χ2n) is 11.3. The fraction of sp³-hybridized carbons (Fsp3) is 0.405. The second-order valence-corrected chi connectivity index (χ2v) is 12.2. The first-order valence-corrected chi connectivity index (χ1v) is 16.5. The Morgan fingerprint density at radius 3 is 1.90 bits per heavy atom. The highest BCUT2D eigenvalue weighted by molar-refractivity contribution is 9.10. The molecule has 41 heavy (non-hydrogen) atoms. The topological polar surface area (TPSA) is 18.5 Å². The van der Waals surface area contributed by atoms with Crippen LogP contribution in [-0.2, 0) is 0 Å². The Bertz CT molecular complexity index is 1420. The minimum Gasteiger partial charge on any atom is -0.382 e. The lowest BCUT2D eigenvalue weighted by Gasteiger charge is -2.28. The zero-order valence-corrected chi connectivity index (χ0v) is 26.9. The van der Waals surface area contributed by atoms with Crippen molar-refractivity contribution in [3.05, 3.63) is 100 Å². The van der Waals surface area contributed by atoms with Gasteiger partial charge in [-0.2, -0.15) is 0 Å². The van der Waals surface area contributed by atoms with Crippen molar-refractivity contribution in [3.63, 3.8) is 0 Å². The first kappa shape index (κ1) is 29.5. The lowest BCUT2D eigenvalue weighted by atomic mass is 9.82. The Morgan fingerprint density at radius 1 is 0.683 bits per heavy atom. The third-order valence-corrected chi connectivity index (χ3v) is 9.70. The van der Waals surface area contributed by atoms with Crippen molar-refractivity contribution in [2.45, 2.75) is 71.8 Å². The molecule has 1 aliphatic rings. The van der Waals surface area contributed by atoms with Gasteiger partial charge in [0, 0.05) is 65.1 Å². The van der Waals surface area contributed by atoms with Gasteiger partial charge in [-0.15, -0.1) is 0 Å². The molecule has 0 heterocycles. The minimum atomic E-state index is 0.106. The van der Waals surface area contributed by atoms with Crippen molar-refractivity contribution >= 4 is 43.8 Å². The van der Waals surface area contributed by atoms with Gasteiger partial charge in [-0.05, 0) is 92.9 Å². The van der Waals surface area contributed by atoms with Crippen molar-refractivity contribution < 1.29 is 0 Å². The molecule has 0 amide bonds. The molecular weight excluding hydrogens is 566 g/mol. The first-order chi connectivity index (χ1) is 20.1. The van der Waals surface area contributed by atoms with Gasteiger partial charge in [-0.25, -0.2) is 0 Å². The molecule has 0 radical (unpaired) electrons. The number of anilines is 3. The molecule has 216 valence electrons. The molecule has 1 fully saturated rings. The highest BCUT2D eigenvalue weighted by Gasteiger charge is 2.24. The Hall–Kier alpha value is -2.98. The summed E-state index contributed by atoms with van der Waals surface area (Å²) in [4.78, 5) is 4.82. The van der Waals surface area contributed by atoms with E-state index in [2.05, 4.69) is 138 Å². The molecule has 0 saturated heterocycles.